The Labute approximate surface area is 183 Å². The van der Waals surface area contributed by atoms with Crippen molar-refractivity contribution in [1.29, 1.82) is 0 Å². The van der Waals surface area contributed by atoms with Crippen molar-refractivity contribution in [2.45, 2.75) is 31.6 Å². The maximum Gasteiger partial charge on any atom is 0.147 e. The molecule has 2 aromatic carbocycles. The van der Waals surface area contributed by atoms with E-state index in [1.165, 1.54) is 12.8 Å². The zero-order chi connectivity index (χ0) is 21.2. The van der Waals surface area contributed by atoms with Gasteiger partial charge >= 0.3 is 0 Å². The number of nitrogens with zero attached hydrogens (tertiary/aromatic N) is 2. The molecule has 3 aromatic rings. The van der Waals surface area contributed by atoms with E-state index in [9.17, 15) is 4.79 Å². The van der Waals surface area contributed by atoms with Crippen LogP contribution in [0.4, 0.5) is 11.5 Å². The molecule has 2 fully saturated rings. The van der Waals surface area contributed by atoms with E-state index in [-0.39, 0.29) is 5.92 Å². The summed E-state index contributed by atoms with van der Waals surface area (Å²) in [5.74, 6) is 0.973. The van der Waals surface area contributed by atoms with E-state index in [0.29, 0.717) is 24.9 Å². The smallest absolute Gasteiger partial charge is 0.147 e. The molecule has 0 radical (unpaired) electrons. The number of hydrogen-bond acceptors (Lipinski definition) is 5. The Morgan fingerprint density at radius 2 is 1.84 bits per heavy atom. The van der Waals surface area contributed by atoms with Gasteiger partial charge in [-0.1, -0.05) is 43.2 Å². The predicted molar refractivity (Wildman–Crippen MR) is 125 cm³/mol. The second-order valence-electron chi connectivity index (χ2n) is 8.69. The van der Waals surface area contributed by atoms with Gasteiger partial charge in [-0.15, -0.1) is 0 Å². The van der Waals surface area contributed by atoms with Gasteiger partial charge in [-0.25, -0.2) is 4.98 Å². The van der Waals surface area contributed by atoms with Crippen LogP contribution < -0.4 is 10.6 Å². The summed E-state index contributed by atoms with van der Waals surface area (Å²) < 4.78 is 5.48. The number of aldehydes is 1. The number of carbonyl (C=O) groups is 1. The maximum absolute atomic E-state index is 12.1. The number of ether oxygens (including phenoxy) is 1. The van der Waals surface area contributed by atoms with Crippen LogP contribution in [0.15, 0.2) is 48.5 Å². The van der Waals surface area contributed by atoms with Gasteiger partial charge < -0.3 is 20.2 Å². The third-order valence-electron chi connectivity index (χ3n) is 6.86. The second-order valence-corrected chi connectivity index (χ2v) is 8.69. The van der Waals surface area contributed by atoms with Crippen LogP contribution in [0, 0.1) is 5.92 Å². The molecule has 0 bridgehead atoms. The average Bonchev–Trinajstić information content (AvgIpc) is 3.34. The Kier molecular flexibility index (Phi) is 5.60. The third-order valence-corrected chi connectivity index (χ3v) is 6.86. The largest absolute Gasteiger partial charge is 0.382 e. The first-order chi connectivity index (χ1) is 15.2. The summed E-state index contributed by atoms with van der Waals surface area (Å²) in [7, 11) is 0. The average molecular weight is 416 g/mol. The predicted octanol–water partition coefficient (Wildman–Crippen LogP) is 4.79. The van der Waals surface area contributed by atoms with E-state index in [0.717, 1.165) is 65.5 Å². The van der Waals surface area contributed by atoms with Crippen LogP contribution in [0.25, 0.3) is 22.0 Å². The van der Waals surface area contributed by atoms with Gasteiger partial charge in [0.25, 0.3) is 0 Å². The molecule has 0 spiro atoms. The summed E-state index contributed by atoms with van der Waals surface area (Å²) >= 11 is 0. The van der Waals surface area contributed by atoms with Gasteiger partial charge in [0.1, 0.15) is 12.1 Å². The summed E-state index contributed by atoms with van der Waals surface area (Å²) in [5.41, 5.74) is 11.5. The minimum Gasteiger partial charge on any atom is -0.382 e. The second kappa shape index (κ2) is 8.67. The van der Waals surface area contributed by atoms with Crippen LogP contribution in [-0.2, 0) is 9.53 Å². The molecule has 160 valence electrons. The number of rotatable bonds is 5. The van der Waals surface area contributed by atoms with Crippen molar-refractivity contribution >= 4 is 28.7 Å². The molecule has 5 nitrogen and oxygen atoms in total. The Balaban J connectivity index is 1.56. The minimum absolute atomic E-state index is 0.0390. The highest BCUT2D eigenvalue weighted by atomic mass is 16.5. The zero-order valence-corrected chi connectivity index (χ0v) is 17.8. The highest BCUT2D eigenvalue weighted by Crippen LogP contribution is 2.40. The lowest BCUT2D eigenvalue weighted by Gasteiger charge is -2.29. The highest BCUT2D eigenvalue weighted by molar-refractivity contribution is 5.90. The standard InChI is InChI=1S/C26H29N3O2/c27-26-25(29-11-13-31-14-12-29)16-20-15-19(9-10-24(20)28-26)21-7-3-4-8-22(21)23(17-30)18-5-1-2-6-18/h3-4,7-10,15-18,23H,1-2,5-6,11-14H2,(H2,27,28). The molecule has 2 aliphatic rings. The lowest BCUT2D eigenvalue weighted by Crippen LogP contribution is -2.36. The van der Waals surface area contributed by atoms with E-state index >= 15 is 0 Å². The molecule has 0 amide bonds. The SMILES string of the molecule is Nc1nc2ccc(-c3ccccc3C(C=O)C3CCCC3)cc2cc1N1CCOCC1. The molecule has 1 saturated carbocycles. The fourth-order valence-electron chi connectivity index (χ4n) is 5.21. The van der Waals surface area contributed by atoms with E-state index in [1.807, 2.05) is 12.1 Å². The maximum atomic E-state index is 12.1. The van der Waals surface area contributed by atoms with Crippen molar-refractivity contribution in [3.8, 4) is 11.1 Å². The minimum atomic E-state index is -0.0390. The van der Waals surface area contributed by atoms with Crippen molar-refractivity contribution in [2.75, 3.05) is 36.9 Å². The van der Waals surface area contributed by atoms with Crippen molar-refractivity contribution in [2.24, 2.45) is 5.92 Å². The number of pyridine rings is 1. The van der Waals surface area contributed by atoms with Gasteiger partial charge in [-0.2, -0.15) is 0 Å². The lowest BCUT2D eigenvalue weighted by molar-refractivity contribution is -0.110. The fraction of sp³-hybridized carbons (Fsp3) is 0.385. The number of benzene rings is 2. The first-order valence-electron chi connectivity index (χ1n) is 11.3. The van der Waals surface area contributed by atoms with E-state index < -0.39 is 0 Å². The van der Waals surface area contributed by atoms with Crippen LogP contribution in [-0.4, -0.2) is 37.6 Å². The normalized spacial score (nSPS) is 18.4. The highest BCUT2D eigenvalue weighted by Gasteiger charge is 2.28. The molecule has 1 atom stereocenters. The van der Waals surface area contributed by atoms with Gasteiger partial charge in [0.05, 0.1) is 24.4 Å². The molecule has 31 heavy (non-hydrogen) atoms. The first kappa shape index (κ1) is 20.0. The van der Waals surface area contributed by atoms with Crippen LogP contribution in [0.1, 0.15) is 37.2 Å². The molecule has 1 saturated heterocycles. The number of morpholine rings is 1. The molecule has 5 heteroatoms. The lowest BCUT2D eigenvalue weighted by atomic mass is 9.82. The quantitative estimate of drug-likeness (QED) is 0.607. The number of carbonyl (C=O) groups excluding carboxylic acids is 1. The van der Waals surface area contributed by atoms with E-state index in [4.69, 9.17) is 10.5 Å². The molecule has 2 N–H and O–H groups in total. The fourth-order valence-corrected chi connectivity index (χ4v) is 5.21. The zero-order valence-electron chi connectivity index (χ0n) is 17.8. The molecular formula is C26H29N3O2. The van der Waals surface area contributed by atoms with Crippen LogP contribution in [0.5, 0.6) is 0 Å². The first-order valence-corrected chi connectivity index (χ1v) is 11.3. The van der Waals surface area contributed by atoms with Crippen molar-refractivity contribution in [1.82, 2.24) is 4.98 Å². The van der Waals surface area contributed by atoms with Crippen LogP contribution in [0.2, 0.25) is 0 Å². The number of anilines is 2. The van der Waals surface area contributed by atoms with Gasteiger partial charge in [-0.3, -0.25) is 0 Å². The van der Waals surface area contributed by atoms with Gasteiger partial charge in [0.15, 0.2) is 0 Å². The molecule has 1 aromatic heterocycles. The number of aromatic nitrogens is 1. The van der Waals surface area contributed by atoms with Gasteiger partial charge in [0.2, 0.25) is 0 Å². The van der Waals surface area contributed by atoms with E-state index in [2.05, 4.69) is 46.3 Å². The summed E-state index contributed by atoms with van der Waals surface area (Å²) in [4.78, 5) is 19.0. The summed E-state index contributed by atoms with van der Waals surface area (Å²) in [5, 5.41) is 1.06. The number of hydrogen-bond donors (Lipinski definition) is 1. The molecule has 5 rings (SSSR count). The van der Waals surface area contributed by atoms with Crippen LogP contribution in [0.3, 0.4) is 0 Å². The van der Waals surface area contributed by atoms with E-state index in [1.54, 1.807) is 0 Å². The van der Waals surface area contributed by atoms with Crippen LogP contribution >= 0.6 is 0 Å². The Morgan fingerprint density at radius 3 is 2.61 bits per heavy atom. The molecule has 1 aliphatic heterocycles. The van der Waals surface area contributed by atoms with Crippen molar-refractivity contribution < 1.29 is 9.53 Å². The monoisotopic (exact) mass is 415 g/mol. The Hall–Kier alpha value is -2.92. The van der Waals surface area contributed by atoms with Crippen molar-refractivity contribution in [3.05, 3.63) is 54.1 Å². The third kappa shape index (κ3) is 3.90. The molecule has 2 heterocycles. The van der Waals surface area contributed by atoms with Gasteiger partial charge in [-0.05, 0) is 53.6 Å². The van der Waals surface area contributed by atoms with Crippen molar-refractivity contribution in [3.63, 3.8) is 0 Å². The Bertz CT molecular complexity index is 1090. The summed E-state index contributed by atoms with van der Waals surface area (Å²) in [6.07, 6.45) is 5.90. The van der Waals surface area contributed by atoms with Gasteiger partial charge in [0, 0.05) is 24.4 Å². The number of nitrogen functional groups attached to an aromatic ring is 1. The number of fused-ring (bicyclic) bond motifs is 1. The summed E-state index contributed by atoms with van der Waals surface area (Å²) in [6.45, 7) is 3.06. The molecular weight excluding hydrogens is 386 g/mol. The molecule has 1 unspecified atom stereocenters. The summed E-state index contributed by atoms with van der Waals surface area (Å²) in [6, 6.07) is 16.8. The molecule has 1 aliphatic carbocycles. The Morgan fingerprint density at radius 1 is 1.06 bits per heavy atom. The topological polar surface area (TPSA) is 68.5 Å². The number of nitrogens with two attached hydrogens (primary N) is 1.